The van der Waals surface area contributed by atoms with Gasteiger partial charge in [0.25, 0.3) is 11.8 Å². The Balaban J connectivity index is 1.42. The predicted molar refractivity (Wildman–Crippen MR) is 105 cm³/mol. The number of hydrogen-bond donors (Lipinski definition) is 2. The zero-order valence-electron chi connectivity index (χ0n) is 16.1. The van der Waals surface area contributed by atoms with Crippen LogP contribution in [0.25, 0.3) is 0 Å². The van der Waals surface area contributed by atoms with E-state index < -0.39 is 5.54 Å². The molecule has 2 saturated heterocycles. The van der Waals surface area contributed by atoms with E-state index in [-0.39, 0.29) is 24.4 Å². The molecule has 0 bridgehead atoms. The van der Waals surface area contributed by atoms with Gasteiger partial charge in [-0.1, -0.05) is 30.3 Å². The Kier molecular flexibility index (Phi) is 4.87. The number of hydrogen-bond acceptors (Lipinski definition) is 6. The minimum absolute atomic E-state index is 0.180. The molecule has 1 aromatic heterocycles. The van der Waals surface area contributed by atoms with Gasteiger partial charge < -0.3 is 15.5 Å². The lowest BCUT2D eigenvalue weighted by molar-refractivity contribution is -0.133. The zero-order valence-corrected chi connectivity index (χ0v) is 16.1. The van der Waals surface area contributed by atoms with Gasteiger partial charge in [-0.05, 0) is 18.4 Å². The van der Waals surface area contributed by atoms with Crippen molar-refractivity contribution in [2.75, 3.05) is 25.5 Å². The average molecular weight is 394 g/mol. The number of urea groups is 1. The Bertz CT molecular complexity index is 923. The van der Waals surface area contributed by atoms with Crippen LogP contribution >= 0.6 is 0 Å². The molecule has 0 atom stereocenters. The summed E-state index contributed by atoms with van der Waals surface area (Å²) in [4.78, 5) is 49.2. The highest BCUT2D eigenvalue weighted by atomic mass is 16.2. The molecule has 0 radical (unpaired) electrons. The fourth-order valence-electron chi connectivity index (χ4n) is 3.77. The minimum atomic E-state index is -0.935. The second-order valence-electron chi connectivity index (χ2n) is 7.23. The molecule has 2 aliphatic heterocycles. The molecule has 0 unspecified atom stereocenters. The number of carbonyl (C=O) groups excluding carboxylic acids is 3. The summed E-state index contributed by atoms with van der Waals surface area (Å²) >= 11 is 0. The van der Waals surface area contributed by atoms with Crippen LogP contribution in [0.5, 0.6) is 0 Å². The molecule has 9 heteroatoms. The lowest BCUT2D eigenvalue weighted by Crippen LogP contribution is -2.55. The first-order valence-corrected chi connectivity index (χ1v) is 9.49. The maximum absolute atomic E-state index is 13.0. The molecule has 2 fully saturated rings. The molecule has 9 nitrogen and oxygen atoms in total. The summed E-state index contributed by atoms with van der Waals surface area (Å²) in [5.74, 6) is 0.0393. The summed E-state index contributed by atoms with van der Waals surface area (Å²) in [6.07, 6.45) is 3.72. The van der Waals surface area contributed by atoms with E-state index in [0.29, 0.717) is 37.4 Å². The van der Waals surface area contributed by atoms with Crippen LogP contribution in [0.15, 0.2) is 42.7 Å². The first-order chi connectivity index (χ1) is 14.0. The summed E-state index contributed by atoms with van der Waals surface area (Å²) < 4.78 is 0. The molecule has 1 spiro atoms. The van der Waals surface area contributed by atoms with Crippen LogP contribution in [0.1, 0.15) is 28.8 Å². The monoisotopic (exact) mass is 394 g/mol. The number of aromatic nitrogens is 2. The van der Waals surface area contributed by atoms with E-state index in [1.807, 2.05) is 30.3 Å². The number of imide groups is 1. The van der Waals surface area contributed by atoms with Crippen molar-refractivity contribution in [3.05, 3.63) is 53.9 Å². The van der Waals surface area contributed by atoms with Gasteiger partial charge in [-0.25, -0.2) is 14.8 Å². The molecule has 0 aliphatic carbocycles. The Hall–Kier alpha value is -3.49. The van der Waals surface area contributed by atoms with E-state index in [0.717, 1.165) is 5.56 Å². The van der Waals surface area contributed by atoms with Gasteiger partial charge in [0.05, 0.1) is 12.1 Å². The molecule has 0 saturated carbocycles. The third-order valence-corrected chi connectivity index (χ3v) is 5.46. The van der Waals surface area contributed by atoms with Gasteiger partial charge in [0.2, 0.25) is 5.95 Å². The van der Waals surface area contributed by atoms with Gasteiger partial charge in [0, 0.05) is 32.5 Å². The first-order valence-electron chi connectivity index (χ1n) is 9.49. The number of nitrogens with one attached hydrogen (secondary N) is 2. The highest BCUT2D eigenvalue weighted by molar-refractivity contribution is 6.07. The molecule has 1 aromatic carbocycles. The van der Waals surface area contributed by atoms with Crippen LogP contribution in [0.2, 0.25) is 0 Å². The summed E-state index contributed by atoms with van der Waals surface area (Å²) in [6, 6.07) is 9.03. The Morgan fingerprint density at radius 3 is 2.41 bits per heavy atom. The zero-order chi connectivity index (χ0) is 20.4. The van der Waals surface area contributed by atoms with E-state index in [1.54, 1.807) is 11.9 Å². The number of rotatable bonds is 4. The number of likely N-dealkylation sites (tertiary alicyclic amines) is 1. The second kappa shape index (κ2) is 7.50. The van der Waals surface area contributed by atoms with Gasteiger partial charge in [-0.2, -0.15) is 0 Å². The number of benzene rings is 1. The van der Waals surface area contributed by atoms with Gasteiger partial charge >= 0.3 is 6.03 Å². The molecule has 4 amide bonds. The molecular formula is C20H22N6O3. The fourth-order valence-corrected chi connectivity index (χ4v) is 3.77. The van der Waals surface area contributed by atoms with Gasteiger partial charge in [0.1, 0.15) is 5.54 Å². The third-order valence-electron chi connectivity index (χ3n) is 5.46. The molecule has 29 heavy (non-hydrogen) atoms. The highest BCUT2D eigenvalue weighted by Crippen LogP contribution is 2.31. The number of anilines is 1. The van der Waals surface area contributed by atoms with Gasteiger partial charge in [-0.15, -0.1) is 0 Å². The lowest BCUT2D eigenvalue weighted by atomic mass is 9.87. The van der Waals surface area contributed by atoms with Gasteiger partial charge in [0.15, 0.2) is 0 Å². The van der Waals surface area contributed by atoms with Gasteiger partial charge in [-0.3, -0.25) is 14.5 Å². The molecule has 2 aliphatic rings. The summed E-state index contributed by atoms with van der Waals surface area (Å²) in [7, 11) is 1.70. The Morgan fingerprint density at radius 1 is 1.14 bits per heavy atom. The van der Waals surface area contributed by atoms with Crippen molar-refractivity contribution in [2.45, 2.75) is 24.9 Å². The van der Waals surface area contributed by atoms with Crippen molar-refractivity contribution >= 4 is 23.8 Å². The molecule has 2 N–H and O–H groups in total. The number of piperidine rings is 1. The summed E-state index contributed by atoms with van der Waals surface area (Å²) in [5.41, 5.74) is 0.355. The predicted octanol–water partition coefficient (Wildman–Crippen LogP) is 1.25. The summed E-state index contributed by atoms with van der Waals surface area (Å²) in [6.45, 7) is 0.987. The number of amides is 4. The van der Waals surface area contributed by atoms with E-state index in [2.05, 4.69) is 20.6 Å². The van der Waals surface area contributed by atoms with Crippen molar-refractivity contribution in [3.8, 4) is 0 Å². The van der Waals surface area contributed by atoms with Crippen molar-refractivity contribution < 1.29 is 14.4 Å². The Morgan fingerprint density at radius 2 is 1.79 bits per heavy atom. The SMILES string of the molecule is CNc1ncc(C(=O)N2CCC3(CC2)NC(=O)N(Cc2ccccc2)C3=O)cn1. The summed E-state index contributed by atoms with van der Waals surface area (Å²) in [5, 5.41) is 5.68. The largest absolute Gasteiger partial charge is 0.357 e. The highest BCUT2D eigenvalue weighted by Gasteiger charge is 2.52. The maximum Gasteiger partial charge on any atom is 0.325 e. The van der Waals surface area contributed by atoms with Crippen molar-refractivity contribution in [3.63, 3.8) is 0 Å². The van der Waals surface area contributed by atoms with Crippen LogP contribution in [-0.4, -0.2) is 63.3 Å². The third kappa shape index (κ3) is 3.51. The Labute approximate surface area is 168 Å². The van der Waals surface area contributed by atoms with Crippen LogP contribution in [0.4, 0.5) is 10.7 Å². The second-order valence-corrected chi connectivity index (χ2v) is 7.23. The molecule has 2 aromatic rings. The van der Waals surface area contributed by atoms with Crippen LogP contribution in [-0.2, 0) is 11.3 Å². The van der Waals surface area contributed by atoms with E-state index in [1.165, 1.54) is 17.3 Å². The van der Waals surface area contributed by atoms with E-state index >= 15 is 0 Å². The lowest BCUT2D eigenvalue weighted by Gasteiger charge is -2.37. The standard InChI is InChI=1S/C20H22N6O3/c1-21-18-22-11-15(12-23-18)16(27)25-9-7-20(8-10-25)17(28)26(19(29)24-20)13-14-5-3-2-4-6-14/h2-6,11-12H,7-10,13H2,1H3,(H,24,29)(H,21,22,23). The van der Waals surface area contributed by atoms with Crippen LogP contribution < -0.4 is 10.6 Å². The fraction of sp³-hybridized carbons (Fsp3) is 0.350. The minimum Gasteiger partial charge on any atom is -0.357 e. The maximum atomic E-state index is 13.0. The first kappa shape index (κ1) is 18.9. The quantitative estimate of drug-likeness (QED) is 0.756. The molecule has 4 rings (SSSR count). The smallest absolute Gasteiger partial charge is 0.325 e. The molecule has 3 heterocycles. The van der Waals surface area contributed by atoms with Crippen molar-refractivity contribution in [1.82, 2.24) is 25.1 Å². The molecular weight excluding hydrogens is 372 g/mol. The number of carbonyl (C=O) groups is 3. The van der Waals surface area contributed by atoms with Crippen molar-refractivity contribution in [2.24, 2.45) is 0 Å². The van der Waals surface area contributed by atoms with Crippen LogP contribution in [0, 0.1) is 0 Å². The van der Waals surface area contributed by atoms with E-state index in [4.69, 9.17) is 0 Å². The normalized spacial score (nSPS) is 18.1. The average Bonchev–Trinajstić information content (AvgIpc) is 2.98. The van der Waals surface area contributed by atoms with E-state index in [9.17, 15) is 14.4 Å². The van der Waals surface area contributed by atoms with Crippen LogP contribution in [0.3, 0.4) is 0 Å². The topological polar surface area (TPSA) is 108 Å². The van der Waals surface area contributed by atoms with Crippen molar-refractivity contribution in [1.29, 1.82) is 0 Å². The number of nitrogens with zero attached hydrogens (tertiary/aromatic N) is 4. The molecule has 150 valence electrons.